The summed E-state index contributed by atoms with van der Waals surface area (Å²) in [4.78, 5) is 24.3. The summed E-state index contributed by atoms with van der Waals surface area (Å²) in [6, 6.07) is 11.4. The van der Waals surface area contributed by atoms with Crippen LogP contribution in [0.3, 0.4) is 0 Å². The summed E-state index contributed by atoms with van der Waals surface area (Å²) in [7, 11) is 0. The van der Waals surface area contributed by atoms with E-state index in [1.807, 2.05) is 35.7 Å². The van der Waals surface area contributed by atoms with Crippen LogP contribution in [0.2, 0.25) is 0 Å². The first-order valence-electron chi connectivity index (χ1n) is 6.07. The fourth-order valence-corrected chi connectivity index (χ4v) is 3.78. The van der Waals surface area contributed by atoms with Gasteiger partial charge in [-0.15, -0.1) is 11.3 Å². The number of aliphatic carboxylic acids is 1. The molecule has 0 fully saturated rings. The standard InChI is InChI=1S/C15H12O3S/c16-12-8-11(15(17)18)13(9-4-2-1-3-5-9)14-10(12)6-7-19-14/h1-7,11,13H,8H2,(H,17,18). The maximum atomic E-state index is 12.0. The van der Waals surface area contributed by atoms with Crippen LogP contribution in [0.1, 0.15) is 33.1 Å². The van der Waals surface area contributed by atoms with Gasteiger partial charge in [-0.1, -0.05) is 30.3 Å². The molecule has 0 saturated carbocycles. The lowest BCUT2D eigenvalue weighted by molar-refractivity contribution is -0.142. The highest BCUT2D eigenvalue weighted by molar-refractivity contribution is 7.10. The van der Waals surface area contributed by atoms with E-state index < -0.39 is 11.9 Å². The molecule has 1 aromatic carbocycles. The lowest BCUT2D eigenvalue weighted by atomic mass is 9.75. The molecule has 0 spiro atoms. The predicted octanol–water partition coefficient (Wildman–Crippen LogP) is 3.17. The summed E-state index contributed by atoms with van der Waals surface area (Å²) in [6.07, 6.45) is 0.0820. The van der Waals surface area contributed by atoms with Gasteiger partial charge >= 0.3 is 5.97 Å². The van der Waals surface area contributed by atoms with Gasteiger partial charge in [0.1, 0.15) is 0 Å². The van der Waals surface area contributed by atoms with Gasteiger partial charge in [-0.3, -0.25) is 9.59 Å². The van der Waals surface area contributed by atoms with Crippen LogP contribution >= 0.6 is 11.3 Å². The number of carboxylic acid groups (broad SMARTS) is 1. The van der Waals surface area contributed by atoms with E-state index in [4.69, 9.17) is 0 Å². The summed E-state index contributed by atoms with van der Waals surface area (Å²) in [5, 5.41) is 11.3. The Morgan fingerprint density at radius 1 is 1.21 bits per heavy atom. The molecule has 1 heterocycles. The number of carbonyl (C=O) groups is 2. The highest BCUT2D eigenvalue weighted by Gasteiger charge is 2.39. The maximum absolute atomic E-state index is 12.0. The van der Waals surface area contributed by atoms with Gasteiger partial charge in [0.25, 0.3) is 0 Å². The van der Waals surface area contributed by atoms with E-state index in [9.17, 15) is 14.7 Å². The van der Waals surface area contributed by atoms with Crippen molar-refractivity contribution in [2.45, 2.75) is 12.3 Å². The molecule has 1 aliphatic carbocycles. The number of carboxylic acids is 1. The van der Waals surface area contributed by atoms with E-state index in [2.05, 4.69) is 0 Å². The van der Waals surface area contributed by atoms with Crippen LogP contribution in [0, 0.1) is 5.92 Å². The van der Waals surface area contributed by atoms with Crippen LogP contribution in [0.5, 0.6) is 0 Å². The van der Waals surface area contributed by atoms with Crippen LogP contribution in [0.4, 0.5) is 0 Å². The van der Waals surface area contributed by atoms with Crippen molar-refractivity contribution < 1.29 is 14.7 Å². The van der Waals surface area contributed by atoms with Gasteiger partial charge in [-0.25, -0.2) is 0 Å². The third-order valence-electron chi connectivity index (χ3n) is 3.56. The third kappa shape index (κ3) is 1.98. The minimum atomic E-state index is -0.902. The van der Waals surface area contributed by atoms with E-state index in [0.29, 0.717) is 5.56 Å². The minimum absolute atomic E-state index is 0.0594. The number of Topliss-reactive ketones (excluding diaryl/α,β-unsaturated/α-hetero) is 1. The Bertz CT molecular complexity index is 630. The summed E-state index contributed by atoms with van der Waals surface area (Å²) in [5.74, 6) is -1.84. The number of fused-ring (bicyclic) bond motifs is 1. The van der Waals surface area contributed by atoms with Gasteiger partial charge < -0.3 is 5.11 Å². The van der Waals surface area contributed by atoms with E-state index >= 15 is 0 Å². The fraction of sp³-hybridized carbons (Fsp3) is 0.200. The number of carbonyl (C=O) groups excluding carboxylic acids is 1. The van der Waals surface area contributed by atoms with Gasteiger partial charge in [0, 0.05) is 22.8 Å². The molecule has 2 atom stereocenters. The number of ketones is 1. The van der Waals surface area contributed by atoms with Crippen LogP contribution in [0.25, 0.3) is 0 Å². The number of rotatable bonds is 2. The molecule has 4 heteroatoms. The largest absolute Gasteiger partial charge is 0.481 e. The fourth-order valence-electron chi connectivity index (χ4n) is 2.68. The molecule has 2 unspecified atom stereocenters. The molecule has 3 nitrogen and oxygen atoms in total. The molecule has 2 aromatic rings. The molecule has 0 aliphatic heterocycles. The first-order valence-corrected chi connectivity index (χ1v) is 6.95. The molecule has 96 valence electrons. The van der Waals surface area contributed by atoms with Gasteiger partial charge in [0.05, 0.1) is 5.92 Å². The maximum Gasteiger partial charge on any atom is 0.307 e. The Hall–Kier alpha value is -1.94. The zero-order chi connectivity index (χ0) is 13.4. The molecule has 3 rings (SSSR count). The third-order valence-corrected chi connectivity index (χ3v) is 4.56. The molecule has 19 heavy (non-hydrogen) atoms. The molecule has 0 radical (unpaired) electrons. The number of hydrogen-bond acceptors (Lipinski definition) is 3. The Morgan fingerprint density at radius 3 is 2.63 bits per heavy atom. The molecule has 0 bridgehead atoms. The Balaban J connectivity index is 2.16. The van der Waals surface area contributed by atoms with Crippen molar-refractivity contribution in [3.8, 4) is 0 Å². The Labute approximate surface area is 114 Å². The zero-order valence-corrected chi connectivity index (χ0v) is 10.9. The highest BCUT2D eigenvalue weighted by atomic mass is 32.1. The lowest BCUT2D eigenvalue weighted by Crippen LogP contribution is -2.30. The second-order valence-corrected chi connectivity index (χ2v) is 5.61. The average molecular weight is 272 g/mol. The predicted molar refractivity (Wildman–Crippen MR) is 72.7 cm³/mol. The van der Waals surface area contributed by atoms with Crippen molar-refractivity contribution in [1.82, 2.24) is 0 Å². The Kier molecular flexibility index (Phi) is 2.95. The molecular weight excluding hydrogens is 260 g/mol. The van der Waals surface area contributed by atoms with Gasteiger partial charge in [-0.2, -0.15) is 0 Å². The first-order chi connectivity index (χ1) is 9.18. The van der Waals surface area contributed by atoms with Crippen molar-refractivity contribution in [2.24, 2.45) is 5.92 Å². The van der Waals surface area contributed by atoms with Crippen molar-refractivity contribution in [3.05, 3.63) is 57.8 Å². The SMILES string of the molecule is O=C1CC(C(=O)O)C(c2ccccc2)c2sccc21. The number of thiophene rings is 1. The number of benzene rings is 1. The average Bonchev–Trinajstić information content (AvgIpc) is 2.89. The minimum Gasteiger partial charge on any atom is -0.481 e. The summed E-state index contributed by atoms with van der Waals surface area (Å²) >= 11 is 1.47. The second kappa shape index (κ2) is 4.63. The highest BCUT2D eigenvalue weighted by Crippen LogP contribution is 2.43. The summed E-state index contributed by atoms with van der Waals surface area (Å²) in [5.41, 5.74) is 1.66. The molecular formula is C15H12O3S. The number of hydrogen-bond donors (Lipinski definition) is 1. The van der Waals surface area contributed by atoms with Crippen molar-refractivity contribution >= 4 is 23.1 Å². The summed E-state index contributed by atoms with van der Waals surface area (Å²) in [6.45, 7) is 0. The van der Waals surface area contributed by atoms with Crippen LogP contribution in [0.15, 0.2) is 41.8 Å². The molecule has 1 aliphatic rings. The van der Waals surface area contributed by atoms with E-state index in [1.54, 1.807) is 6.07 Å². The van der Waals surface area contributed by atoms with Crippen LogP contribution in [-0.4, -0.2) is 16.9 Å². The van der Waals surface area contributed by atoms with Crippen LogP contribution < -0.4 is 0 Å². The Morgan fingerprint density at radius 2 is 1.95 bits per heavy atom. The molecule has 0 saturated heterocycles. The molecule has 0 amide bonds. The molecule has 1 N–H and O–H groups in total. The first kappa shape index (κ1) is 12.1. The topological polar surface area (TPSA) is 54.4 Å². The van der Waals surface area contributed by atoms with E-state index in [-0.39, 0.29) is 18.1 Å². The smallest absolute Gasteiger partial charge is 0.307 e. The van der Waals surface area contributed by atoms with Gasteiger partial charge in [0.2, 0.25) is 0 Å². The van der Waals surface area contributed by atoms with Crippen LogP contribution in [-0.2, 0) is 4.79 Å². The zero-order valence-electron chi connectivity index (χ0n) is 10.1. The van der Waals surface area contributed by atoms with Crippen molar-refractivity contribution in [2.75, 3.05) is 0 Å². The lowest BCUT2D eigenvalue weighted by Gasteiger charge is -2.28. The van der Waals surface area contributed by atoms with E-state index in [0.717, 1.165) is 10.4 Å². The summed E-state index contributed by atoms with van der Waals surface area (Å²) < 4.78 is 0. The quantitative estimate of drug-likeness (QED) is 0.913. The second-order valence-electron chi connectivity index (χ2n) is 4.66. The monoisotopic (exact) mass is 272 g/mol. The van der Waals surface area contributed by atoms with E-state index in [1.165, 1.54) is 11.3 Å². The van der Waals surface area contributed by atoms with Crippen molar-refractivity contribution in [1.29, 1.82) is 0 Å². The van der Waals surface area contributed by atoms with Crippen molar-refractivity contribution in [3.63, 3.8) is 0 Å². The van der Waals surface area contributed by atoms with Gasteiger partial charge in [-0.05, 0) is 17.0 Å². The normalized spacial score (nSPS) is 22.0. The van der Waals surface area contributed by atoms with Gasteiger partial charge in [0.15, 0.2) is 5.78 Å². The molecule has 1 aromatic heterocycles.